The molecule has 0 aliphatic rings. The van der Waals surface area contributed by atoms with Crippen LogP contribution in [0, 0.1) is 0 Å². The molecule has 0 bridgehead atoms. The van der Waals surface area contributed by atoms with Crippen molar-refractivity contribution in [3.05, 3.63) is 0 Å². The summed E-state index contributed by atoms with van der Waals surface area (Å²) in [6, 6.07) is -5.14. The van der Waals surface area contributed by atoms with Gasteiger partial charge in [-0.05, 0) is 20.8 Å². The largest absolute Gasteiger partial charge is 0.480 e. The van der Waals surface area contributed by atoms with E-state index >= 15 is 0 Å². The van der Waals surface area contributed by atoms with Gasteiger partial charge in [0.2, 0.25) is 17.7 Å². The number of amides is 3. The predicted octanol–water partition coefficient (Wildman–Crippen LogP) is -3.44. The van der Waals surface area contributed by atoms with Gasteiger partial charge in [0.05, 0.1) is 12.2 Å². The number of hydrogen-bond acceptors (Lipinski definition) is 8. The van der Waals surface area contributed by atoms with Gasteiger partial charge in [-0.2, -0.15) is 12.6 Å². The lowest BCUT2D eigenvalue weighted by Gasteiger charge is -2.25. The molecule has 8 N–H and O–H groups in total. The van der Waals surface area contributed by atoms with Crippen molar-refractivity contribution in [1.29, 1.82) is 0 Å². The average molecular weight is 394 g/mol. The summed E-state index contributed by atoms with van der Waals surface area (Å²) < 4.78 is 0. The lowest BCUT2D eigenvalue weighted by atomic mass is 10.1. The van der Waals surface area contributed by atoms with E-state index in [0.717, 1.165) is 0 Å². The Kier molecular flexibility index (Phi) is 10.2. The minimum absolute atomic E-state index is 0.149. The van der Waals surface area contributed by atoms with E-state index in [2.05, 4.69) is 28.6 Å². The third kappa shape index (κ3) is 7.56. The highest BCUT2D eigenvalue weighted by Gasteiger charge is 2.31. The van der Waals surface area contributed by atoms with E-state index in [0.29, 0.717) is 0 Å². The highest BCUT2D eigenvalue weighted by Crippen LogP contribution is 1.99. The van der Waals surface area contributed by atoms with Crippen LogP contribution in [0.2, 0.25) is 0 Å². The van der Waals surface area contributed by atoms with Crippen LogP contribution in [0.15, 0.2) is 0 Å². The van der Waals surface area contributed by atoms with Crippen LogP contribution in [-0.4, -0.2) is 81.1 Å². The molecule has 0 saturated heterocycles. The maximum atomic E-state index is 12.3. The van der Waals surface area contributed by atoms with E-state index in [1.54, 1.807) is 0 Å². The number of aliphatic carboxylic acids is 1. The Morgan fingerprint density at radius 2 is 1.46 bits per heavy atom. The van der Waals surface area contributed by atoms with Crippen molar-refractivity contribution >= 4 is 36.3 Å². The molecule has 0 saturated carbocycles. The van der Waals surface area contributed by atoms with Crippen molar-refractivity contribution in [1.82, 2.24) is 16.0 Å². The van der Waals surface area contributed by atoms with Crippen molar-refractivity contribution in [2.24, 2.45) is 5.73 Å². The second kappa shape index (κ2) is 11.0. The lowest BCUT2D eigenvalue weighted by Crippen LogP contribution is -2.60. The molecular weight excluding hydrogens is 368 g/mol. The fourth-order valence-electron chi connectivity index (χ4n) is 1.71. The van der Waals surface area contributed by atoms with E-state index in [-0.39, 0.29) is 5.75 Å². The maximum absolute atomic E-state index is 12.3. The minimum atomic E-state index is -1.45. The molecular formula is C14H26N4O7S. The summed E-state index contributed by atoms with van der Waals surface area (Å²) in [5.74, 6) is -3.99. The quantitative estimate of drug-likeness (QED) is 0.175. The lowest BCUT2D eigenvalue weighted by molar-refractivity contribution is -0.142. The predicted molar refractivity (Wildman–Crippen MR) is 94.3 cm³/mol. The highest BCUT2D eigenvalue weighted by atomic mass is 32.1. The number of carboxylic acid groups (broad SMARTS) is 1. The van der Waals surface area contributed by atoms with Crippen LogP contribution in [-0.2, 0) is 19.2 Å². The molecule has 0 aromatic rings. The van der Waals surface area contributed by atoms with Crippen molar-refractivity contribution < 1.29 is 34.5 Å². The molecule has 0 aliphatic heterocycles. The zero-order valence-corrected chi connectivity index (χ0v) is 15.6. The summed E-state index contributed by atoms with van der Waals surface area (Å²) >= 11 is 3.94. The van der Waals surface area contributed by atoms with Crippen LogP contribution < -0.4 is 21.7 Å². The second-order valence-electron chi connectivity index (χ2n) is 5.81. The standard InChI is InChI=1S/C14H26N4O7S/c1-5(14(24)25)16-13(23)10(7(3)20)18-11(21)8(4-26)17-12(22)9(15)6(2)19/h5-10,19-20,26H,4,15H2,1-3H3,(H,16,23)(H,17,22)(H,18,21)(H,24,25). The monoisotopic (exact) mass is 394 g/mol. The second-order valence-corrected chi connectivity index (χ2v) is 6.17. The van der Waals surface area contributed by atoms with Gasteiger partial charge in [-0.15, -0.1) is 0 Å². The van der Waals surface area contributed by atoms with Crippen LogP contribution >= 0.6 is 12.6 Å². The van der Waals surface area contributed by atoms with Gasteiger partial charge in [0.1, 0.15) is 24.2 Å². The first-order chi connectivity index (χ1) is 11.9. The topological polar surface area (TPSA) is 191 Å². The van der Waals surface area contributed by atoms with Crippen LogP contribution in [0.5, 0.6) is 0 Å². The van der Waals surface area contributed by atoms with Gasteiger partial charge < -0.3 is 37.0 Å². The van der Waals surface area contributed by atoms with Crippen LogP contribution in [0.25, 0.3) is 0 Å². The van der Waals surface area contributed by atoms with Gasteiger partial charge >= 0.3 is 5.97 Å². The average Bonchev–Trinajstić information content (AvgIpc) is 2.55. The Morgan fingerprint density at radius 1 is 0.923 bits per heavy atom. The number of aliphatic hydroxyl groups is 2. The molecule has 0 aliphatic carbocycles. The highest BCUT2D eigenvalue weighted by molar-refractivity contribution is 7.80. The van der Waals surface area contributed by atoms with Crippen LogP contribution in [0.4, 0.5) is 0 Å². The van der Waals surface area contributed by atoms with Gasteiger partial charge in [0.15, 0.2) is 0 Å². The molecule has 3 amide bonds. The zero-order valence-electron chi connectivity index (χ0n) is 14.7. The number of rotatable bonds is 10. The van der Waals surface area contributed by atoms with Crippen LogP contribution in [0.3, 0.4) is 0 Å². The smallest absolute Gasteiger partial charge is 0.325 e. The number of carboxylic acids is 1. The SMILES string of the molecule is CC(NC(=O)C(NC(=O)C(CS)NC(=O)C(N)C(C)O)C(C)O)C(=O)O. The van der Waals surface area contributed by atoms with Crippen molar-refractivity contribution in [2.45, 2.75) is 57.1 Å². The Hall–Kier alpha value is -1.89. The molecule has 6 atom stereocenters. The van der Waals surface area contributed by atoms with Crippen molar-refractivity contribution in [2.75, 3.05) is 5.75 Å². The molecule has 150 valence electrons. The van der Waals surface area contributed by atoms with E-state index in [1.165, 1.54) is 20.8 Å². The van der Waals surface area contributed by atoms with Crippen LogP contribution in [0.1, 0.15) is 20.8 Å². The van der Waals surface area contributed by atoms with E-state index < -0.39 is 60.1 Å². The Bertz CT molecular complexity index is 529. The summed E-state index contributed by atoms with van der Waals surface area (Å²) in [5.41, 5.74) is 5.47. The van der Waals surface area contributed by atoms with Gasteiger partial charge in [-0.3, -0.25) is 19.2 Å². The third-order valence-corrected chi connectivity index (χ3v) is 3.79. The third-order valence-electron chi connectivity index (χ3n) is 3.43. The summed E-state index contributed by atoms with van der Waals surface area (Å²) in [4.78, 5) is 46.9. The maximum Gasteiger partial charge on any atom is 0.325 e. The number of thiol groups is 1. The Morgan fingerprint density at radius 3 is 1.85 bits per heavy atom. The van der Waals surface area contributed by atoms with Gasteiger partial charge in [0, 0.05) is 5.75 Å². The molecule has 0 radical (unpaired) electrons. The number of aliphatic hydroxyl groups excluding tert-OH is 2. The number of hydrogen-bond donors (Lipinski definition) is 8. The fraction of sp³-hybridized carbons (Fsp3) is 0.714. The van der Waals surface area contributed by atoms with Gasteiger partial charge in [-0.1, -0.05) is 0 Å². The minimum Gasteiger partial charge on any atom is -0.480 e. The van der Waals surface area contributed by atoms with Crippen molar-refractivity contribution in [3.63, 3.8) is 0 Å². The summed E-state index contributed by atoms with van der Waals surface area (Å²) in [6.45, 7) is 3.75. The molecule has 0 rings (SSSR count). The summed E-state index contributed by atoms with van der Waals surface area (Å²) in [6.07, 6.45) is -2.48. The molecule has 0 aromatic heterocycles. The molecule has 11 nitrogen and oxygen atoms in total. The molecule has 0 aromatic carbocycles. The summed E-state index contributed by atoms with van der Waals surface area (Å²) in [7, 11) is 0. The zero-order chi connectivity index (χ0) is 20.6. The normalized spacial score (nSPS) is 17.8. The Balaban J connectivity index is 5.03. The Labute approximate surface area is 156 Å². The molecule has 0 fully saturated rings. The number of carbonyl (C=O) groups excluding carboxylic acids is 3. The number of nitrogens with two attached hydrogens (primary N) is 1. The number of carbonyl (C=O) groups is 4. The first kappa shape index (κ1) is 24.1. The molecule has 26 heavy (non-hydrogen) atoms. The first-order valence-corrected chi connectivity index (χ1v) is 8.42. The molecule has 6 unspecified atom stereocenters. The fourth-order valence-corrected chi connectivity index (χ4v) is 1.96. The first-order valence-electron chi connectivity index (χ1n) is 7.78. The van der Waals surface area contributed by atoms with Crippen molar-refractivity contribution in [3.8, 4) is 0 Å². The molecule has 0 heterocycles. The summed E-state index contributed by atoms with van der Waals surface area (Å²) in [5, 5.41) is 34.4. The molecule has 12 heteroatoms. The van der Waals surface area contributed by atoms with Gasteiger partial charge in [0.25, 0.3) is 0 Å². The number of nitrogens with one attached hydrogen (secondary N) is 3. The van der Waals surface area contributed by atoms with E-state index in [1.807, 2.05) is 0 Å². The van der Waals surface area contributed by atoms with E-state index in [9.17, 15) is 29.4 Å². The van der Waals surface area contributed by atoms with Gasteiger partial charge in [-0.25, -0.2) is 0 Å². The molecule has 0 spiro atoms. The van der Waals surface area contributed by atoms with E-state index in [4.69, 9.17) is 10.8 Å².